The van der Waals surface area contributed by atoms with Crippen molar-refractivity contribution in [2.45, 2.75) is 32.8 Å². The topological polar surface area (TPSA) is 92.7 Å². The zero-order chi connectivity index (χ0) is 20.5. The van der Waals surface area contributed by atoms with Crippen LogP contribution >= 0.6 is 0 Å². The van der Waals surface area contributed by atoms with Gasteiger partial charge in [0.25, 0.3) is 0 Å². The van der Waals surface area contributed by atoms with Gasteiger partial charge in [-0.2, -0.15) is 0 Å². The van der Waals surface area contributed by atoms with Crippen molar-refractivity contribution >= 4 is 29.6 Å². The number of carbonyl (C=O) groups is 3. The molecule has 0 unspecified atom stereocenters. The number of carboxylic acid groups (broad SMARTS) is 1. The molecule has 0 bridgehead atoms. The molecule has 1 aliphatic rings. The van der Waals surface area contributed by atoms with Gasteiger partial charge >= 0.3 is 12.1 Å². The molecule has 2 aromatic carbocycles. The second-order valence-corrected chi connectivity index (χ2v) is 7.60. The first-order valence-electron chi connectivity index (χ1n) is 8.84. The van der Waals surface area contributed by atoms with E-state index in [1.165, 1.54) is 12.1 Å². The van der Waals surface area contributed by atoms with Crippen molar-refractivity contribution in [3.63, 3.8) is 0 Å². The van der Waals surface area contributed by atoms with E-state index in [9.17, 15) is 14.4 Å². The number of carbonyl (C=O) groups excluding carboxylic acids is 2. The molecule has 6 heteroatoms. The Hall–Kier alpha value is -3.41. The third-order valence-electron chi connectivity index (χ3n) is 4.17. The summed E-state index contributed by atoms with van der Waals surface area (Å²) in [5.74, 6) is -1.06. The standard InChI is InChI=1S/C22H21NO5/c1-22(2,3)28-21(27)23-17-8-9-18-15(12-17)11-16(19(18)24)10-13-4-6-14(7-5-13)20(25)26/h4-10,12H,11H2,1-3H3,(H,23,27)(H,25,26)/b16-10+. The molecule has 1 aliphatic carbocycles. The molecular formula is C22H21NO5. The summed E-state index contributed by atoms with van der Waals surface area (Å²) in [6, 6.07) is 11.5. The van der Waals surface area contributed by atoms with E-state index >= 15 is 0 Å². The van der Waals surface area contributed by atoms with E-state index in [-0.39, 0.29) is 11.3 Å². The number of rotatable bonds is 3. The van der Waals surface area contributed by atoms with Gasteiger partial charge in [-0.15, -0.1) is 0 Å². The number of benzene rings is 2. The molecule has 0 spiro atoms. The zero-order valence-corrected chi connectivity index (χ0v) is 15.9. The van der Waals surface area contributed by atoms with Crippen LogP contribution in [0, 0.1) is 0 Å². The fraction of sp³-hybridized carbons (Fsp3) is 0.227. The number of Topliss-reactive ketones (excluding diaryl/α,β-unsaturated/α-hetero) is 1. The number of fused-ring (bicyclic) bond motifs is 1. The number of hydrogen-bond donors (Lipinski definition) is 2. The number of anilines is 1. The van der Waals surface area contributed by atoms with Gasteiger partial charge in [-0.3, -0.25) is 10.1 Å². The Morgan fingerprint density at radius 3 is 2.39 bits per heavy atom. The maximum Gasteiger partial charge on any atom is 0.412 e. The molecule has 0 aliphatic heterocycles. The van der Waals surface area contributed by atoms with Gasteiger partial charge < -0.3 is 9.84 Å². The first-order chi connectivity index (χ1) is 13.1. The molecule has 0 saturated heterocycles. The van der Waals surface area contributed by atoms with E-state index in [1.54, 1.807) is 57.2 Å². The first-order valence-corrected chi connectivity index (χ1v) is 8.84. The molecule has 0 atom stereocenters. The molecule has 0 heterocycles. The van der Waals surface area contributed by atoms with Crippen molar-refractivity contribution < 1.29 is 24.2 Å². The van der Waals surface area contributed by atoms with Crippen LogP contribution < -0.4 is 5.32 Å². The van der Waals surface area contributed by atoms with Crippen LogP contribution in [0.15, 0.2) is 48.0 Å². The van der Waals surface area contributed by atoms with Crippen LogP contribution in [0.2, 0.25) is 0 Å². The molecule has 0 aromatic heterocycles. The van der Waals surface area contributed by atoms with Gasteiger partial charge in [0.2, 0.25) is 0 Å². The summed E-state index contributed by atoms with van der Waals surface area (Å²) in [5.41, 5.74) is 2.97. The van der Waals surface area contributed by atoms with Gasteiger partial charge in [0.05, 0.1) is 5.56 Å². The highest BCUT2D eigenvalue weighted by atomic mass is 16.6. The van der Waals surface area contributed by atoms with Crippen LogP contribution in [0.3, 0.4) is 0 Å². The molecule has 2 N–H and O–H groups in total. The SMILES string of the molecule is CC(C)(C)OC(=O)Nc1ccc2c(c1)C/C(=C\c1ccc(C(=O)O)cc1)C2=O. The van der Waals surface area contributed by atoms with Crippen LogP contribution in [0.4, 0.5) is 10.5 Å². The average molecular weight is 379 g/mol. The molecule has 0 saturated carbocycles. The Bertz CT molecular complexity index is 981. The molecule has 0 fully saturated rings. The predicted octanol–water partition coefficient (Wildman–Crippen LogP) is 4.55. The van der Waals surface area contributed by atoms with E-state index in [2.05, 4.69) is 5.32 Å². The van der Waals surface area contributed by atoms with E-state index < -0.39 is 17.7 Å². The largest absolute Gasteiger partial charge is 0.478 e. The van der Waals surface area contributed by atoms with Crippen molar-refractivity contribution in [3.05, 3.63) is 70.3 Å². The van der Waals surface area contributed by atoms with Crippen molar-refractivity contribution in [3.8, 4) is 0 Å². The number of ether oxygens (including phenoxy) is 1. The zero-order valence-electron chi connectivity index (χ0n) is 15.9. The summed E-state index contributed by atoms with van der Waals surface area (Å²) in [4.78, 5) is 35.5. The smallest absolute Gasteiger partial charge is 0.412 e. The average Bonchev–Trinajstić information content (AvgIpc) is 2.89. The van der Waals surface area contributed by atoms with Crippen molar-refractivity contribution in [1.82, 2.24) is 0 Å². The summed E-state index contributed by atoms with van der Waals surface area (Å²) in [5, 5.41) is 11.6. The summed E-state index contributed by atoms with van der Waals surface area (Å²) < 4.78 is 5.24. The molecule has 6 nitrogen and oxygen atoms in total. The lowest BCUT2D eigenvalue weighted by molar-refractivity contribution is 0.0634. The fourth-order valence-corrected chi connectivity index (χ4v) is 2.96. The van der Waals surface area contributed by atoms with E-state index in [1.807, 2.05) is 0 Å². The number of aromatic carboxylic acids is 1. The summed E-state index contributed by atoms with van der Waals surface area (Å²) >= 11 is 0. The van der Waals surface area contributed by atoms with E-state index in [0.717, 1.165) is 11.1 Å². The number of amides is 1. The summed E-state index contributed by atoms with van der Waals surface area (Å²) in [6.45, 7) is 5.36. The van der Waals surface area contributed by atoms with E-state index in [4.69, 9.17) is 9.84 Å². The second-order valence-electron chi connectivity index (χ2n) is 7.60. The van der Waals surface area contributed by atoms with Gasteiger partial charge in [0.1, 0.15) is 5.60 Å². The highest BCUT2D eigenvalue weighted by Crippen LogP contribution is 2.30. The lowest BCUT2D eigenvalue weighted by Crippen LogP contribution is -2.27. The number of carboxylic acids is 1. The Labute approximate surface area is 162 Å². The lowest BCUT2D eigenvalue weighted by atomic mass is 10.1. The van der Waals surface area contributed by atoms with Crippen LogP contribution in [-0.4, -0.2) is 28.6 Å². The summed E-state index contributed by atoms with van der Waals surface area (Å²) in [6.07, 6.45) is 1.65. The molecule has 28 heavy (non-hydrogen) atoms. The quantitative estimate of drug-likeness (QED) is 0.763. The third-order valence-corrected chi connectivity index (χ3v) is 4.17. The number of nitrogens with one attached hydrogen (secondary N) is 1. The third kappa shape index (κ3) is 4.46. The van der Waals surface area contributed by atoms with Gasteiger partial charge in [-0.05, 0) is 68.3 Å². The van der Waals surface area contributed by atoms with Crippen LogP contribution in [0.5, 0.6) is 0 Å². The number of hydrogen-bond acceptors (Lipinski definition) is 4. The maximum atomic E-state index is 12.6. The van der Waals surface area contributed by atoms with Gasteiger partial charge in [0, 0.05) is 23.2 Å². The van der Waals surface area contributed by atoms with Crippen molar-refractivity contribution in [2.75, 3.05) is 5.32 Å². The minimum Gasteiger partial charge on any atom is -0.478 e. The minimum atomic E-state index is -0.992. The van der Waals surface area contributed by atoms with E-state index in [0.29, 0.717) is 23.2 Å². The minimum absolute atomic E-state index is 0.0684. The van der Waals surface area contributed by atoms with Crippen LogP contribution in [0.1, 0.15) is 52.6 Å². The van der Waals surface area contributed by atoms with Crippen molar-refractivity contribution in [2.24, 2.45) is 0 Å². The van der Waals surface area contributed by atoms with Gasteiger partial charge in [0.15, 0.2) is 5.78 Å². The summed E-state index contributed by atoms with van der Waals surface area (Å²) in [7, 11) is 0. The Balaban J connectivity index is 1.77. The maximum absolute atomic E-state index is 12.6. The van der Waals surface area contributed by atoms with Gasteiger partial charge in [-0.1, -0.05) is 12.1 Å². The fourth-order valence-electron chi connectivity index (χ4n) is 2.96. The second kappa shape index (κ2) is 7.31. The lowest BCUT2D eigenvalue weighted by Gasteiger charge is -2.19. The Morgan fingerprint density at radius 2 is 1.79 bits per heavy atom. The molecule has 0 radical (unpaired) electrons. The highest BCUT2D eigenvalue weighted by Gasteiger charge is 2.25. The number of allylic oxidation sites excluding steroid dienone is 1. The molecule has 3 rings (SSSR count). The van der Waals surface area contributed by atoms with Crippen LogP contribution in [-0.2, 0) is 11.2 Å². The first kappa shape index (κ1) is 19.4. The van der Waals surface area contributed by atoms with Crippen molar-refractivity contribution in [1.29, 1.82) is 0 Å². The molecule has 144 valence electrons. The predicted molar refractivity (Wildman–Crippen MR) is 106 cm³/mol. The van der Waals surface area contributed by atoms with Gasteiger partial charge in [-0.25, -0.2) is 9.59 Å². The normalized spacial score (nSPS) is 14.7. The Kier molecular flexibility index (Phi) is 5.05. The van der Waals surface area contributed by atoms with Crippen LogP contribution in [0.25, 0.3) is 6.08 Å². The Morgan fingerprint density at radius 1 is 1.11 bits per heavy atom. The highest BCUT2D eigenvalue weighted by molar-refractivity contribution is 6.15. The molecule has 1 amide bonds. The molecular weight excluding hydrogens is 358 g/mol. The molecule has 2 aromatic rings. The monoisotopic (exact) mass is 379 g/mol. The number of ketones is 1.